The SMILES string of the molecule is CCCCC1C[C@@]1(O)OCCO. The summed E-state index contributed by atoms with van der Waals surface area (Å²) in [6, 6.07) is 0. The van der Waals surface area contributed by atoms with Crippen molar-refractivity contribution in [3.05, 3.63) is 0 Å². The lowest BCUT2D eigenvalue weighted by atomic mass is 10.2. The van der Waals surface area contributed by atoms with Crippen LogP contribution in [0, 0.1) is 5.92 Å². The third-order valence-corrected chi connectivity index (χ3v) is 2.37. The Kier molecular flexibility index (Phi) is 3.50. The lowest BCUT2D eigenvalue weighted by Gasteiger charge is -2.10. The topological polar surface area (TPSA) is 49.7 Å². The van der Waals surface area contributed by atoms with Crippen LogP contribution in [-0.4, -0.2) is 29.2 Å². The van der Waals surface area contributed by atoms with Crippen LogP contribution in [0.5, 0.6) is 0 Å². The van der Waals surface area contributed by atoms with Gasteiger partial charge >= 0.3 is 0 Å². The molecule has 0 aliphatic heterocycles. The predicted molar refractivity (Wildman–Crippen MR) is 45.6 cm³/mol. The molecule has 2 atom stereocenters. The van der Waals surface area contributed by atoms with E-state index in [1.165, 1.54) is 0 Å². The first-order valence-corrected chi connectivity index (χ1v) is 4.70. The van der Waals surface area contributed by atoms with Crippen molar-refractivity contribution in [2.75, 3.05) is 13.2 Å². The van der Waals surface area contributed by atoms with Crippen molar-refractivity contribution in [1.29, 1.82) is 0 Å². The average molecular weight is 174 g/mol. The van der Waals surface area contributed by atoms with Crippen molar-refractivity contribution in [2.45, 2.75) is 38.4 Å². The summed E-state index contributed by atoms with van der Waals surface area (Å²) in [5.41, 5.74) is 0. The molecule has 1 aliphatic carbocycles. The number of rotatable bonds is 6. The fraction of sp³-hybridized carbons (Fsp3) is 1.00. The highest BCUT2D eigenvalue weighted by molar-refractivity contribution is 4.95. The molecular weight excluding hydrogens is 156 g/mol. The number of hydrogen-bond acceptors (Lipinski definition) is 3. The first-order valence-electron chi connectivity index (χ1n) is 4.70. The molecule has 3 heteroatoms. The minimum Gasteiger partial charge on any atom is -0.394 e. The van der Waals surface area contributed by atoms with Gasteiger partial charge in [-0.15, -0.1) is 0 Å². The molecule has 1 aliphatic rings. The zero-order chi connectivity index (χ0) is 9.03. The van der Waals surface area contributed by atoms with Crippen molar-refractivity contribution in [2.24, 2.45) is 5.92 Å². The molecular formula is C9H18O3. The second kappa shape index (κ2) is 4.21. The van der Waals surface area contributed by atoms with E-state index in [4.69, 9.17) is 9.84 Å². The molecule has 0 bridgehead atoms. The van der Waals surface area contributed by atoms with Crippen molar-refractivity contribution in [1.82, 2.24) is 0 Å². The van der Waals surface area contributed by atoms with Crippen LogP contribution in [0.3, 0.4) is 0 Å². The average Bonchev–Trinajstić information content (AvgIpc) is 2.71. The van der Waals surface area contributed by atoms with Crippen LogP contribution < -0.4 is 0 Å². The molecule has 1 unspecified atom stereocenters. The van der Waals surface area contributed by atoms with E-state index in [2.05, 4.69) is 6.92 Å². The smallest absolute Gasteiger partial charge is 0.169 e. The van der Waals surface area contributed by atoms with E-state index in [9.17, 15) is 5.11 Å². The van der Waals surface area contributed by atoms with Crippen LogP contribution in [0.25, 0.3) is 0 Å². The quantitative estimate of drug-likeness (QED) is 0.588. The van der Waals surface area contributed by atoms with E-state index in [1.807, 2.05) is 0 Å². The van der Waals surface area contributed by atoms with E-state index in [0.29, 0.717) is 5.92 Å². The summed E-state index contributed by atoms with van der Waals surface area (Å²) < 4.78 is 5.10. The lowest BCUT2D eigenvalue weighted by Crippen LogP contribution is -2.18. The standard InChI is InChI=1S/C9H18O3/c1-2-3-4-8-7-9(8,11)12-6-5-10/h8,10-11H,2-7H2,1H3/t8?,9-/m1/s1. The Morgan fingerprint density at radius 1 is 1.58 bits per heavy atom. The van der Waals surface area contributed by atoms with Crippen LogP contribution in [0.4, 0.5) is 0 Å². The van der Waals surface area contributed by atoms with E-state index < -0.39 is 5.79 Å². The summed E-state index contributed by atoms with van der Waals surface area (Å²) in [6.45, 7) is 2.37. The zero-order valence-corrected chi connectivity index (χ0v) is 7.62. The largest absolute Gasteiger partial charge is 0.394 e. The Labute approximate surface area is 73.4 Å². The molecule has 0 radical (unpaired) electrons. The van der Waals surface area contributed by atoms with Gasteiger partial charge in [0.1, 0.15) is 0 Å². The highest BCUT2D eigenvalue weighted by Crippen LogP contribution is 2.47. The maximum Gasteiger partial charge on any atom is 0.169 e. The maximum atomic E-state index is 9.61. The molecule has 0 aromatic carbocycles. The fourth-order valence-electron chi connectivity index (χ4n) is 1.47. The summed E-state index contributed by atoms with van der Waals surface area (Å²) in [5, 5.41) is 18.1. The first kappa shape index (κ1) is 9.96. The summed E-state index contributed by atoms with van der Waals surface area (Å²) in [6.07, 6.45) is 4.09. The van der Waals surface area contributed by atoms with Crippen LogP contribution in [0.15, 0.2) is 0 Å². The molecule has 2 N–H and O–H groups in total. The first-order chi connectivity index (χ1) is 5.73. The van der Waals surface area contributed by atoms with Gasteiger partial charge in [0, 0.05) is 12.3 Å². The zero-order valence-electron chi connectivity index (χ0n) is 7.62. The molecule has 0 saturated heterocycles. The normalized spacial score (nSPS) is 33.8. The highest BCUT2D eigenvalue weighted by Gasteiger charge is 2.53. The Morgan fingerprint density at radius 3 is 2.92 bits per heavy atom. The monoisotopic (exact) mass is 174 g/mol. The van der Waals surface area contributed by atoms with Gasteiger partial charge < -0.3 is 14.9 Å². The number of unbranched alkanes of at least 4 members (excludes halogenated alkanes) is 1. The van der Waals surface area contributed by atoms with E-state index in [0.717, 1.165) is 25.7 Å². The molecule has 72 valence electrons. The van der Waals surface area contributed by atoms with E-state index >= 15 is 0 Å². The molecule has 3 nitrogen and oxygen atoms in total. The lowest BCUT2D eigenvalue weighted by molar-refractivity contribution is -0.143. The molecule has 0 aromatic heterocycles. The van der Waals surface area contributed by atoms with E-state index in [-0.39, 0.29) is 13.2 Å². The summed E-state index contributed by atoms with van der Waals surface area (Å²) in [4.78, 5) is 0. The van der Waals surface area contributed by atoms with Crippen molar-refractivity contribution >= 4 is 0 Å². The van der Waals surface area contributed by atoms with Gasteiger partial charge in [-0.3, -0.25) is 0 Å². The number of ether oxygens (including phenoxy) is 1. The van der Waals surface area contributed by atoms with Crippen LogP contribution in [-0.2, 0) is 4.74 Å². The Morgan fingerprint density at radius 2 is 2.33 bits per heavy atom. The van der Waals surface area contributed by atoms with Crippen molar-refractivity contribution in [3.8, 4) is 0 Å². The number of aliphatic hydroxyl groups is 2. The summed E-state index contributed by atoms with van der Waals surface area (Å²) in [7, 11) is 0. The van der Waals surface area contributed by atoms with Crippen molar-refractivity contribution in [3.63, 3.8) is 0 Å². The summed E-state index contributed by atoms with van der Waals surface area (Å²) >= 11 is 0. The van der Waals surface area contributed by atoms with Gasteiger partial charge in [0.05, 0.1) is 13.2 Å². The fourth-order valence-corrected chi connectivity index (χ4v) is 1.47. The van der Waals surface area contributed by atoms with Gasteiger partial charge in [0.15, 0.2) is 5.79 Å². The second-order valence-corrected chi connectivity index (χ2v) is 3.46. The molecule has 0 heterocycles. The van der Waals surface area contributed by atoms with Gasteiger partial charge in [0.2, 0.25) is 0 Å². The predicted octanol–water partition coefficient (Wildman–Crippen LogP) is 0.894. The molecule has 1 fully saturated rings. The van der Waals surface area contributed by atoms with Crippen molar-refractivity contribution < 1.29 is 14.9 Å². The highest BCUT2D eigenvalue weighted by atomic mass is 16.6. The molecule has 0 aromatic rings. The minimum absolute atomic E-state index is 0.0111. The third kappa shape index (κ3) is 2.44. The Balaban J connectivity index is 2.10. The molecule has 0 spiro atoms. The molecule has 0 amide bonds. The maximum absolute atomic E-state index is 9.61. The van der Waals surface area contributed by atoms with Gasteiger partial charge in [-0.25, -0.2) is 0 Å². The molecule has 1 rings (SSSR count). The van der Waals surface area contributed by atoms with Gasteiger partial charge in [-0.1, -0.05) is 19.8 Å². The molecule has 1 saturated carbocycles. The van der Waals surface area contributed by atoms with Crippen LogP contribution in [0.2, 0.25) is 0 Å². The number of aliphatic hydroxyl groups excluding tert-OH is 1. The second-order valence-electron chi connectivity index (χ2n) is 3.46. The van der Waals surface area contributed by atoms with Crippen LogP contribution >= 0.6 is 0 Å². The van der Waals surface area contributed by atoms with Crippen LogP contribution in [0.1, 0.15) is 32.6 Å². The van der Waals surface area contributed by atoms with Gasteiger partial charge in [0.25, 0.3) is 0 Å². The number of hydrogen-bond donors (Lipinski definition) is 2. The summed E-state index contributed by atoms with van der Waals surface area (Å²) in [5.74, 6) is -0.582. The van der Waals surface area contributed by atoms with E-state index in [1.54, 1.807) is 0 Å². The van der Waals surface area contributed by atoms with Gasteiger partial charge in [-0.05, 0) is 6.42 Å². The molecule has 12 heavy (non-hydrogen) atoms. The third-order valence-electron chi connectivity index (χ3n) is 2.37. The minimum atomic E-state index is -0.891. The Hall–Kier alpha value is -0.120. The Bertz CT molecular complexity index is 138. The van der Waals surface area contributed by atoms with Gasteiger partial charge in [-0.2, -0.15) is 0 Å².